The molecule has 1 unspecified atom stereocenters. The first kappa shape index (κ1) is 17.2. The standard InChI is InChI=1S/C15H26N2O4Si/c1-14(2,3)22(4,5)21-10-15(7-6-8-20-15)11-9-16-13(19)17-12(11)18/h9H,6-8,10H2,1-5H3,(H2,16,17,18,19). The first-order chi connectivity index (χ1) is 10.1. The van der Waals surface area contributed by atoms with Gasteiger partial charge in [-0.3, -0.25) is 9.78 Å². The van der Waals surface area contributed by atoms with E-state index in [1.54, 1.807) is 0 Å². The van der Waals surface area contributed by atoms with E-state index in [-0.39, 0.29) is 5.04 Å². The summed E-state index contributed by atoms with van der Waals surface area (Å²) in [6.07, 6.45) is 3.05. The minimum atomic E-state index is -1.94. The number of aromatic amines is 2. The molecule has 1 aromatic heterocycles. The lowest BCUT2D eigenvalue weighted by Gasteiger charge is -2.39. The highest BCUT2D eigenvalue weighted by Crippen LogP contribution is 2.40. The van der Waals surface area contributed by atoms with Gasteiger partial charge in [-0.05, 0) is 31.0 Å². The van der Waals surface area contributed by atoms with Gasteiger partial charge in [-0.2, -0.15) is 0 Å². The van der Waals surface area contributed by atoms with E-state index < -0.39 is 25.2 Å². The third-order valence-electron chi connectivity index (χ3n) is 4.89. The van der Waals surface area contributed by atoms with E-state index in [1.165, 1.54) is 6.20 Å². The fourth-order valence-corrected chi connectivity index (χ4v) is 3.39. The van der Waals surface area contributed by atoms with Gasteiger partial charge in [-0.25, -0.2) is 4.79 Å². The number of hydrogen-bond acceptors (Lipinski definition) is 4. The lowest BCUT2D eigenvalue weighted by molar-refractivity contribution is -0.0402. The van der Waals surface area contributed by atoms with Crippen molar-refractivity contribution in [3.63, 3.8) is 0 Å². The van der Waals surface area contributed by atoms with Crippen molar-refractivity contribution in [2.45, 2.75) is 57.3 Å². The van der Waals surface area contributed by atoms with Crippen LogP contribution in [0.15, 0.2) is 15.8 Å². The molecule has 0 aromatic carbocycles. The van der Waals surface area contributed by atoms with Gasteiger partial charge < -0.3 is 14.1 Å². The van der Waals surface area contributed by atoms with Gasteiger partial charge in [-0.15, -0.1) is 0 Å². The van der Waals surface area contributed by atoms with Crippen LogP contribution in [-0.2, 0) is 14.8 Å². The Morgan fingerprint density at radius 3 is 2.55 bits per heavy atom. The Balaban J connectivity index is 2.30. The van der Waals surface area contributed by atoms with E-state index in [0.717, 1.165) is 12.8 Å². The smallest absolute Gasteiger partial charge is 0.325 e. The largest absolute Gasteiger partial charge is 0.414 e. The number of aromatic nitrogens is 2. The van der Waals surface area contributed by atoms with E-state index in [9.17, 15) is 9.59 Å². The summed E-state index contributed by atoms with van der Waals surface area (Å²) in [5, 5.41) is 0.0875. The maximum absolute atomic E-state index is 12.2. The molecule has 1 atom stereocenters. The summed E-state index contributed by atoms with van der Waals surface area (Å²) in [6.45, 7) is 11.8. The molecule has 0 radical (unpaired) electrons. The van der Waals surface area contributed by atoms with Crippen LogP contribution in [0.5, 0.6) is 0 Å². The topological polar surface area (TPSA) is 84.2 Å². The summed E-state index contributed by atoms with van der Waals surface area (Å²) in [4.78, 5) is 28.2. The molecule has 1 aliphatic heterocycles. The summed E-state index contributed by atoms with van der Waals surface area (Å²) in [5.74, 6) is 0. The normalized spacial score (nSPS) is 23.0. The lowest BCUT2D eigenvalue weighted by atomic mass is 9.94. The second-order valence-corrected chi connectivity index (χ2v) is 12.3. The molecule has 0 spiro atoms. The molecule has 22 heavy (non-hydrogen) atoms. The Morgan fingerprint density at radius 1 is 1.36 bits per heavy atom. The quantitative estimate of drug-likeness (QED) is 0.830. The van der Waals surface area contributed by atoms with Crippen LogP contribution in [0.2, 0.25) is 18.1 Å². The summed E-state index contributed by atoms with van der Waals surface area (Å²) < 4.78 is 12.2. The third kappa shape index (κ3) is 3.26. The zero-order valence-electron chi connectivity index (χ0n) is 14.0. The van der Waals surface area contributed by atoms with Gasteiger partial charge in [0.15, 0.2) is 8.32 Å². The SMILES string of the molecule is CC(C)(C)[Si](C)(C)OCC1(c2c[nH]c(=O)[nH]c2=O)CCCO1. The number of H-pyrrole nitrogens is 2. The fraction of sp³-hybridized carbons (Fsp3) is 0.733. The van der Waals surface area contributed by atoms with Crippen molar-refractivity contribution in [2.24, 2.45) is 0 Å². The zero-order chi connectivity index (χ0) is 16.6. The van der Waals surface area contributed by atoms with Gasteiger partial charge in [-0.1, -0.05) is 20.8 Å². The molecule has 0 amide bonds. The molecule has 0 saturated carbocycles. The van der Waals surface area contributed by atoms with E-state index >= 15 is 0 Å². The maximum Gasteiger partial charge on any atom is 0.325 e. The molecular formula is C15H26N2O4Si. The van der Waals surface area contributed by atoms with Gasteiger partial charge in [0.2, 0.25) is 0 Å². The van der Waals surface area contributed by atoms with Gasteiger partial charge in [0.1, 0.15) is 5.60 Å². The van der Waals surface area contributed by atoms with Crippen molar-refractivity contribution < 1.29 is 9.16 Å². The Kier molecular flexibility index (Phi) is 4.52. The Labute approximate surface area is 131 Å². The molecular weight excluding hydrogens is 300 g/mol. The highest BCUT2D eigenvalue weighted by Gasteiger charge is 2.44. The van der Waals surface area contributed by atoms with Crippen LogP contribution >= 0.6 is 0 Å². The first-order valence-corrected chi connectivity index (χ1v) is 10.6. The van der Waals surface area contributed by atoms with Crippen molar-refractivity contribution in [2.75, 3.05) is 13.2 Å². The van der Waals surface area contributed by atoms with E-state index in [2.05, 4.69) is 43.8 Å². The molecule has 1 aromatic rings. The molecule has 0 bridgehead atoms. The number of nitrogens with one attached hydrogen (secondary N) is 2. The van der Waals surface area contributed by atoms with Crippen LogP contribution in [0.4, 0.5) is 0 Å². The highest BCUT2D eigenvalue weighted by atomic mass is 28.4. The van der Waals surface area contributed by atoms with Crippen LogP contribution in [0.25, 0.3) is 0 Å². The molecule has 2 heterocycles. The summed E-state index contributed by atoms with van der Waals surface area (Å²) in [5.41, 5.74) is -1.21. The van der Waals surface area contributed by atoms with Crippen LogP contribution < -0.4 is 11.2 Å². The number of ether oxygens (including phenoxy) is 1. The van der Waals surface area contributed by atoms with Crippen LogP contribution in [0.3, 0.4) is 0 Å². The number of rotatable bonds is 4. The monoisotopic (exact) mass is 326 g/mol. The molecule has 1 aliphatic rings. The lowest BCUT2D eigenvalue weighted by Crippen LogP contribution is -2.47. The molecule has 1 fully saturated rings. The molecule has 124 valence electrons. The fourth-order valence-electron chi connectivity index (χ4n) is 2.36. The average Bonchev–Trinajstić information content (AvgIpc) is 2.85. The van der Waals surface area contributed by atoms with Gasteiger partial charge >= 0.3 is 5.69 Å². The van der Waals surface area contributed by atoms with Crippen molar-refractivity contribution in [3.05, 3.63) is 32.6 Å². The molecule has 0 aliphatic carbocycles. The predicted octanol–water partition coefficient (Wildman–Crippen LogP) is 2.09. The second kappa shape index (κ2) is 5.79. The average molecular weight is 326 g/mol. The van der Waals surface area contributed by atoms with Crippen molar-refractivity contribution >= 4 is 8.32 Å². The molecule has 7 heteroatoms. The first-order valence-electron chi connectivity index (χ1n) is 7.68. The zero-order valence-corrected chi connectivity index (χ0v) is 15.0. The van der Waals surface area contributed by atoms with Crippen LogP contribution in [0.1, 0.15) is 39.2 Å². The van der Waals surface area contributed by atoms with Crippen molar-refractivity contribution in [1.29, 1.82) is 0 Å². The predicted molar refractivity (Wildman–Crippen MR) is 87.7 cm³/mol. The highest BCUT2D eigenvalue weighted by molar-refractivity contribution is 6.74. The number of hydrogen-bond donors (Lipinski definition) is 2. The van der Waals surface area contributed by atoms with Crippen LogP contribution in [0, 0.1) is 0 Å². The van der Waals surface area contributed by atoms with E-state index in [1.807, 2.05) is 0 Å². The van der Waals surface area contributed by atoms with E-state index in [4.69, 9.17) is 9.16 Å². The molecule has 2 N–H and O–H groups in total. The Hall–Kier alpha value is -1.18. The summed E-state index contributed by atoms with van der Waals surface area (Å²) >= 11 is 0. The Bertz CT molecular complexity index is 636. The second-order valence-electron chi connectivity index (χ2n) is 7.48. The molecule has 2 rings (SSSR count). The van der Waals surface area contributed by atoms with Gasteiger partial charge in [0, 0.05) is 12.8 Å². The van der Waals surface area contributed by atoms with E-state index in [0.29, 0.717) is 18.8 Å². The van der Waals surface area contributed by atoms with Crippen molar-refractivity contribution in [3.8, 4) is 0 Å². The summed E-state index contributed by atoms with van der Waals surface area (Å²) in [7, 11) is -1.94. The van der Waals surface area contributed by atoms with Crippen molar-refractivity contribution in [1.82, 2.24) is 9.97 Å². The third-order valence-corrected chi connectivity index (χ3v) is 9.36. The van der Waals surface area contributed by atoms with Gasteiger partial charge in [0.05, 0.1) is 12.2 Å². The summed E-state index contributed by atoms with van der Waals surface area (Å²) in [6, 6.07) is 0. The molecule has 6 nitrogen and oxygen atoms in total. The molecule has 1 saturated heterocycles. The minimum absolute atomic E-state index is 0.0875. The minimum Gasteiger partial charge on any atom is -0.414 e. The Morgan fingerprint density at radius 2 is 2.05 bits per heavy atom. The van der Waals surface area contributed by atoms with Gasteiger partial charge in [0.25, 0.3) is 5.56 Å². The maximum atomic E-state index is 12.2. The van der Waals surface area contributed by atoms with Crippen LogP contribution in [-0.4, -0.2) is 31.5 Å².